The number of carbonyl (C=O) groups is 1. The van der Waals surface area contributed by atoms with Crippen LogP contribution in [0.15, 0.2) is 91.0 Å². The van der Waals surface area contributed by atoms with Gasteiger partial charge in [0.1, 0.15) is 5.65 Å². The molecule has 0 bridgehead atoms. The fraction of sp³-hybridized carbons (Fsp3) is 0.235. The first-order valence-corrected chi connectivity index (χ1v) is 15.1. The molecule has 2 aromatic heterocycles. The van der Waals surface area contributed by atoms with Gasteiger partial charge in [0.05, 0.1) is 17.0 Å². The topological polar surface area (TPSA) is 78.3 Å². The minimum absolute atomic E-state index is 0.301. The number of pyridine rings is 1. The van der Waals surface area contributed by atoms with Crippen LogP contribution in [0.5, 0.6) is 0 Å². The quantitative estimate of drug-likeness (QED) is 0.166. The van der Waals surface area contributed by atoms with Gasteiger partial charge >= 0.3 is 0 Å². The lowest BCUT2D eigenvalue weighted by molar-refractivity contribution is 0.100. The van der Waals surface area contributed by atoms with Gasteiger partial charge in [0.25, 0.3) is 5.91 Å². The van der Waals surface area contributed by atoms with Crippen LogP contribution < -0.4 is 4.31 Å². The zero-order valence-corrected chi connectivity index (χ0v) is 24.5. The average molecular weight is 565 g/mol. The molecule has 210 valence electrons. The molecule has 41 heavy (non-hydrogen) atoms. The van der Waals surface area contributed by atoms with Gasteiger partial charge < -0.3 is 9.12 Å². The highest BCUT2D eigenvalue weighted by molar-refractivity contribution is 7.81. The number of benzene rings is 3. The highest BCUT2D eigenvalue weighted by Gasteiger charge is 2.22. The number of hydrogen-bond donors (Lipinski definition) is 0. The minimum Gasteiger partial charge on any atom is -0.755 e. The molecule has 0 radical (unpaired) electrons. The summed E-state index contributed by atoms with van der Waals surface area (Å²) in [4.78, 5) is 18.3. The summed E-state index contributed by atoms with van der Waals surface area (Å²) in [5, 5.41) is 1.20. The van der Waals surface area contributed by atoms with Crippen LogP contribution >= 0.6 is 0 Å². The van der Waals surface area contributed by atoms with E-state index < -0.39 is 17.2 Å². The molecule has 1 unspecified atom stereocenters. The number of para-hydroxylation sites is 1. The monoisotopic (exact) mass is 564 g/mol. The Morgan fingerprint density at radius 1 is 0.902 bits per heavy atom. The van der Waals surface area contributed by atoms with Gasteiger partial charge in [-0.1, -0.05) is 87.4 Å². The van der Waals surface area contributed by atoms with Gasteiger partial charge in [-0.2, -0.15) is 0 Å². The standard InChI is InChI=1S/C34H35N3O3S/c1-4-11-28-21-24(3)31-22-29(12-5-2)36(33(31)35-28)23-25-17-19-26(20-18-25)30-15-9-10-16-32(30)37(41(39)40)34(38)27-13-7-6-8-14-27/h6-10,13-22H,4-5,11-12,23H2,1-3H3,(H,39,40)/p-1. The number of fused-ring (bicyclic) bond motifs is 1. The van der Waals surface area contributed by atoms with Gasteiger partial charge in [-0.3, -0.25) is 9.00 Å². The Morgan fingerprint density at radius 2 is 1.59 bits per heavy atom. The maximum atomic E-state index is 13.2. The molecule has 0 aliphatic heterocycles. The second kappa shape index (κ2) is 12.6. The molecular formula is C34H34N3O3S-. The number of aromatic nitrogens is 2. The van der Waals surface area contributed by atoms with E-state index in [0.717, 1.165) is 52.5 Å². The molecule has 0 saturated carbocycles. The van der Waals surface area contributed by atoms with Gasteiger partial charge in [0.2, 0.25) is 0 Å². The van der Waals surface area contributed by atoms with Crippen molar-refractivity contribution in [1.82, 2.24) is 9.55 Å². The molecule has 7 heteroatoms. The highest BCUT2D eigenvalue weighted by atomic mass is 32.2. The molecule has 5 aromatic rings. The third-order valence-electron chi connectivity index (χ3n) is 7.31. The Balaban J connectivity index is 1.49. The van der Waals surface area contributed by atoms with Gasteiger partial charge in [-0.25, -0.2) is 9.29 Å². The second-order valence-electron chi connectivity index (χ2n) is 10.3. The van der Waals surface area contributed by atoms with E-state index in [4.69, 9.17) is 4.98 Å². The Hall–Kier alpha value is -4.07. The molecule has 0 aliphatic rings. The number of rotatable bonds is 10. The number of carbonyl (C=O) groups excluding carboxylic acids is 1. The predicted octanol–water partition coefficient (Wildman–Crippen LogP) is 7.41. The maximum absolute atomic E-state index is 13.2. The van der Waals surface area contributed by atoms with Crippen molar-refractivity contribution in [3.05, 3.63) is 119 Å². The molecule has 0 spiro atoms. The Kier molecular flexibility index (Phi) is 8.76. The van der Waals surface area contributed by atoms with Crippen LogP contribution in [0.1, 0.15) is 59.6 Å². The normalized spacial score (nSPS) is 12.0. The van der Waals surface area contributed by atoms with E-state index in [9.17, 15) is 13.6 Å². The maximum Gasteiger partial charge on any atom is 0.269 e. The van der Waals surface area contributed by atoms with Gasteiger partial charge in [-0.15, -0.1) is 0 Å². The molecule has 2 heterocycles. The van der Waals surface area contributed by atoms with Crippen LogP contribution in [0.25, 0.3) is 22.2 Å². The van der Waals surface area contributed by atoms with E-state index >= 15 is 0 Å². The van der Waals surface area contributed by atoms with Crippen molar-refractivity contribution in [1.29, 1.82) is 0 Å². The lowest BCUT2D eigenvalue weighted by Crippen LogP contribution is -2.33. The summed E-state index contributed by atoms with van der Waals surface area (Å²) in [6.45, 7) is 7.22. The molecule has 0 N–H and O–H groups in total. The van der Waals surface area contributed by atoms with Gasteiger partial charge in [0, 0.05) is 34.4 Å². The van der Waals surface area contributed by atoms with Crippen LogP contribution in [-0.4, -0.2) is 24.2 Å². The van der Waals surface area contributed by atoms with E-state index in [0.29, 0.717) is 23.4 Å². The molecule has 0 fully saturated rings. The summed E-state index contributed by atoms with van der Waals surface area (Å²) in [7, 11) is 0. The Morgan fingerprint density at radius 3 is 2.27 bits per heavy atom. The zero-order valence-electron chi connectivity index (χ0n) is 23.7. The Labute approximate surface area is 244 Å². The smallest absolute Gasteiger partial charge is 0.269 e. The molecule has 3 aromatic carbocycles. The number of aryl methyl sites for hydroxylation is 3. The molecule has 6 nitrogen and oxygen atoms in total. The van der Waals surface area contributed by atoms with Crippen LogP contribution in [0.3, 0.4) is 0 Å². The van der Waals surface area contributed by atoms with E-state index in [1.54, 1.807) is 42.5 Å². The van der Waals surface area contributed by atoms with Crippen molar-refractivity contribution < 1.29 is 13.6 Å². The second-order valence-corrected chi connectivity index (χ2v) is 11.1. The molecule has 5 rings (SSSR count). The molecule has 1 atom stereocenters. The Bertz CT molecular complexity index is 1690. The van der Waals surface area contributed by atoms with Crippen LogP contribution in [-0.2, 0) is 30.7 Å². The molecule has 0 saturated heterocycles. The molecule has 0 aliphatic carbocycles. The average Bonchev–Trinajstić information content (AvgIpc) is 3.31. The van der Waals surface area contributed by atoms with Crippen LogP contribution in [0, 0.1) is 6.92 Å². The summed E-state index contributed by atoms with van der Waals surface area (Å²) < 4.78 is 27.8. The van der Waals surface area contributed by atoms with Crippen molar-refractivity contribution in [2.24, 2.45) is 0 Å². The number of hydrogen-bond acceptors (Lipinski definition) is 4. The first-order chi connectivity index (χ1) is 19.9. The van der Waals surface area contributed by atoms with Crippen molar-refractivity contribution in [3.63, 3.8) is 0 Å². The SMILES string of the molecule is CCCc1cc(C)c2cc(CCC)n(Cc3ccc(-c4ccccc4N(C(=O)c4ccccc4)S(=O)[O-])cc3)c2n1. The van der Waals surface area contributed by atoms with E-state index in [2.05, 4.69) is 49.6 Å². The number of anilines is 1. The van der Waals surface area contributed by atoms with E-state index in [-0.39, 0.29) is 0 Å². The third-order valence-corrected chi connectivity index (χ3v) is 7.97. The fourth-order valence-electron chi connectivity index (χ4n) is 5.34. The molecular weight excluding hydrogens is 530 g/mol. The lowest BCUT2D eigenvalue weighted by atomic mass is 10.0. The largest absolute Gasteiger partial charge is 0.755 e. The van der Waals surface area contributed by atoms with E-state index in [1.165, 1.54) is 16.6 Å². The molecule has 1 amide bonds. The van der Waals surface area contributed by atoms with Crippen molar-refractivity contribution >= 4 is 33.9 Å². The van der Waals surface area contributed by atoms with Gasteiger partial charge in [0.15, 0.2) is 0 Å². The highest BCUT2D eigenvalue weighted by Crippen LogP contribution is 2.33. The minimum atomic E-state index is -2.80. The summed E-state index contributed by atoms with van der Waals surface area (Å²) in [6.07, 6.45) is 4.03. The summed E-state index contributed by atoms with van der Waals surface area (Å²) >= 11 is -2.80. The summed E-state index contributed by atoms with van der Waals surface area (Å²) in [5.41, 5.74) is 7.89. The van der Waals surface area contributed by atoms with Crippen molar-refractivity contribution in [2.75, 3.05) is 4.31 Å². The lowest BCUT2D eigenvalue weighted by Gasteiger charge is -2.26. The predicted molar refractivity (Wildman–Crippen MR) is 166 cm³/mol. The zero-order chi connectivity index (χ0) is 28.9. The first-order valence-electron chi connectivity index (χ1n) is 14.1. The van der Waals surface area contributed by atoms with Gasteiger partial charge in [-0.05, 0) is 66.8 Å². The van der Waals surface area contributed by atoms with Crippen molar-refractivity contribution in [2.45, 2.75) is 53.0 Å². The van der Waals surface area contributed by atoms with Crippen LogP contribution in [0.4, 0.5) is 5.69 Å². The summed E-state index contributed by atoms with van der Waals surface area (Å²) in [5.74, 6) is -0.601. The third kappa shape index (κ3) is 6.01. The van der Waals surface area contributed by atoms with Crippen molar-refractivity contribution in [3.8, 4) is 11.1 Å². The van der Waals surface area contributed by atoms with E-state index in [1.807, 2.05) is 24.3 Å². The summed E-state index contributed by atoms with van der Waals surface area (Å²) in [6, 6.07) is 28.1. The first kappa shape index (κ1) is 28.5. The van der Waals surface area contributed by atoms with Crippen LogP contribution in [0.2, 0.25) is 0 Å². The fourth-order valence-corrected chi connectivity index (χ4v) is 5.90. The number of amides is 1. The number of nitrogens with zero attached hydrogens (tertiary/aromatic N) is 3.